The van der Waals surface area contributed by atoms with Crippen LogP contribution in [-0.2, 0) is 0 Å². The first-order valence-electron chi connectivity index (χ1n) is 7.99. The molecule has 0 saturated heterocycles. The molecule has 0 saturated carbocycles. The molecule has 8 heteroatoms. The van der Waals surface area contributed by atoms with E-state index in [0.29, 0.717) is 39.4 Å². The van der Waals surface area contributed by atoms with Crippen LogP contribution < -0.4 is 20.1 Å². The number of carbonyl (C=O) groups excluding carboxylic acids is 1. The zero-order chi connectivity index (χ0) is 19.2. The highest BCUT2D eigenvalue weighted by Crippen LogP contribution is 2.29. The van der Waals surface area contributed by atoms with Gasteiger partial charge in [-0.2, -0.15) is 0 Å². The number of halogens is 1. The lowest BCUT2D eigenvalue weighted by Gasteiger charge is -2.11. The van der Waals surface area contributed by atoms with Gasteiger partial charge in [-0.25, -0.2) is 0 Å². The number of aromatic nitrogens is 2. The number of hydrogen-bond donors (Lipinski definition) is 2. The van der Waals surface area contributed by atoms with Crippen LogP contribution in [0, 0.1) is 0 Å². The van der Waals surface area contributed by atoms with Crippen molar-refractivity contribution >= 4 is 34.8 Å². The fraction of sp³-hybridized carbons (Fsp3) is 0.105. The van der Waals surface area contributed by atoms with Crippen LogP contribution in [0.1, 0.15) is 10.4 Å². The van der Waals surface area contributed by atoms with Crippen molar-refractivity contribution in [2.24, 2.45) is 0 Å². The number of hydrogen-bond acceptors (Lipinski definition) is 6. The van der Waals surface area contributed by atoms with E-state index in [1.165, 1.54) is 0 Å². The molecule has 0 atom stereocenters. The van der Waals surface area contributed by atoms with Gasteiger partial charge < -0.3 is 20.1 Å². The lowest BCUT2D eigenvalue weighted by molar-refractivity contribution is 0.102. The molecule has 0 unspecified atom stereocenters. The largest absolute Gasteiger partial charge is 0.497 e. The summed E-state index contributed by atoms with van der Waals surface area (Å²) in [6.07, 6.45) is 0. The number of amides is 1. The molecule has 0 spiro atoms. The molecule has 27 heavy (non-hydrogen) atoms. The zero-order valence-electron chi connectivity index (χ0n) is 14.7. The minimum atomic E-state index is -0.288. The molecule has 0 fully saturated rings. The molecule has 7 nitrogen and oxygen atoms in total. The van der Waals surface area contributed by atoms with Gasteiger partial charge in [-0.15, -0.1) is 10.2 Å². The van der Waals surface area contributed by atoms with E-state index in [9.17, 15) is 4.79 Å². The molecule has 0 aliphatic rings. The molecule has 1 heterocycles. The maximum atomic E-state index is 12.2. The average molecular weight is 385 g/mol. The van der Waals surface area contributed by atoms with Crippen LogP contribution in [0.5, 0.6) is 11.5 Å². The summed E-state index contributed by atoms with van der Waals surface area (Å²) in [6, 6.07) is 15.3. The average Bonchev–Trinajstić information content (AvgIpc) is 2.70. The number of nitrogens with one attached hydrogen (secondary N) is 2. The van der Waals surface area contributed by atoms with E-state index in [1.54, 1.807) is 68.8 Å². The van der Waals surface area contributed by atoms with Crippen LogP contribution in [0.2, 0.25) is 5.02 Å². The molecule has 0 radical (unpaired) electrons. The highest BCUT2D eigenvalue weighted by atomic mass is 35.5. The lowest BCUT2D eigenvalue weighted by Crippen LogP contribution is -2.13. The van der Waals surface area contributed by atoms with Crippen molar-refractivity contribution in [2.75, 3.05) is 24.9 Å². The molecule has 3 aromatic rings. The predicted octanol–water partition coefficient (Wildman–Crippen LogP) is 4.14. The Balaban J connectivity index is 1.68. The SMILES string of the molecule is COc1ccc(C(=O)Nc2ccc(Nc3cc(Cl)ccc3OC)nn2)cc1. The molecule has 2 aromatic carbocycles. The van der Waals surface area contributed by atoms with Crippen LogP contribution in [0.4, 0.5) is 17.3 Å². The van der Waals surface area contributed by atoms with E-state index in [4.69, 9.17) is 21.1 Å². The molecular formula is C19H17ClN4O3. The lowest BCUT2D eigenvalue weighted by atomic mass is 10.2. The second kappa shape index (κ2) is 8.37. The van der Waals surface area contributed by atoms with Crippen molar-refractivity contribution in [2.45, 2.75) is 0 Å². The fourth-order valence-electron chi connectivity index (χ4n) is 2.31. The summed E-state index contributed by atoms with van der Waals surface area (Å²) in [6.45, 7) is 0. The topological polar surface area (TPSA) is 85.4 Å². The summed E-state index contributed by atoms with van der Waals surface area (Å²) >= 11 is 6.01. The summed E-state index contributed by atoms with van der Waals surface area (Å²) in [4.78, 5) is 12.2. The van der Waals surface area contributed by atoms with Crippen molar-refractivity contribution in [3.8, 4) is 11.5 Å². The summed E-state index contributed by atoms with van der Waals surface area (Å²) in [7, 11) is 3.14. The van der Waals surface area contributed by atoms with Gasteiger partial charge in [0.15, 0.2) is 11.6 Å². The highest BCUT2D eigenvalue weighted by Gasteiger charge is 2.09. The van der Waals surface area contributed by atoms with Crippen LogP contribution >= 0.6 is 11.6 Å². The van der Waals surface area contributed by atoms with Gasteiger partial charge in [0.25, 0.3) is 5.91 Å². The fourth-order valence-corrected chi connectivity index (χ4v) is 2.48. The Morgan fingerprint density at radius 1 is 0.926 bits per heavy atom. The first kappa shape index (κ1) is 18.5. The van der Waals surface area contributed by atoms with Gasteiger partial charge in [0, 0.05) is 10.6 Å². The first-order chi connectivity index (χ1) is 13.1. The van der Waals surface area contributed by atoms with Crippen LogP contribution in [0.25, 0.3) is 0 Å². The van der Waals surface area contributed by atoms with E-state index in [0.717, 1.165) is 0 Å². The maximum absolute atomic E-state index is 12.2. The monoisotopic (exact) mass is 384 g/mol. The van der Waals surface area contributed by atoms with E-state index in [-0.39, 0.29) is 5.91 Å². The number of anilines is 3. The molecule has 0 aliphatic carbocycles. The molecule has 0 bridgehead atoms. The summed E-state index contributed by atoms with van der Waals surface area (Å²) in [5.74, 6) is 1.83. The summed E-state index contributed by atoms with van der Waals surface area (Å²) in [5, 5.41) is 14.4. The van der Waals surface area contributed by atoms with Crippen LogP contribution in [-0.4, -0.2) is 30.3 Å². The summed E-state index contributed by atoms with van der Waals surface area (Å²) < 4.78 is 10.4. The predicted molar refractivity (Wildman–Crippen MR) is 104 cm³/mol. The van der Waals surface area contributed by atoms with Crippen molar-refractivity contribution in [3.63, 3.8) is 0 Å². The third-order valence-electron chi connectivity index (χ3n) is 3.68. The number of nitrogens with zero attached hydrogens (tertiary/aromatic N) is 2. The molecule has 138 valence electrons. The van der Waals surface area contributed by atoms with Crippen LogP contribution in [0.3, 0.4) is 0 Å². The number of benzene rings is 2. The second-order valence-electron chi connectivity index (χ2n) is 5.46. The Kier molecular flexibility index (Phi) is 5.73. The quantitative estimate of drug-likeness (QED) is 0.664. The Bertz CT molecular complexity index is 931. The minimum Gasteiger partial charge on any atom is -0.497 e. The summed E-state index contributed by atoms with van der Waals surface area (Å²) in [5.41, 5.74) is 1.15. The van der Waals surface area contributed by atoms with Gasteiger partial charge in [0.2, 0.25) is 0 Å². The van der Waals surface area contributed by atoms with Crippen molar-refractivity contribution in [3.05, 3.63) is 65.2 Å². The minimum absolute atomic E-state index is 0.288. The van der Waals surface area contributed by atoms with Gasteiger partial charge in [-0.3, -0.25) is 4.79 Å². The maximum Gasteiger partial charge on any atom is 0.256 e. The Labute approximate surface area is 161 Å². The number of ether oxygens (including phenoxy) is 2. The number of carbonyl (C=O) groups is 1. The van der Waals surface area contributed by atoms with E-state index < -0.39 is 0 Å². The normalized spacial score (nSPS) is 10.2. The Hall–Kier alpha value is -3.32. The number of rotatable bonds is 6. The van der Waals surface area contributed by atoms with Gasteiger partial charge in [-0.1, -0.05) is 11.6 Å². The van der Waals surface area contributed by atoms with Gasteiger partial charge in [-0.05, 0) is 54.6 Å². The van der Waals surface area contributed by atoms with Crippen molar-refractivity contribution < 1.29 is 14.3 Å². The van der Waals surface area contributed by atoms with E-state index in [2.05, 4.69) is 20.8 Å². The molecule has 2 N–H and O–H groups in total. The molecule has 0 aliphatic heterocycles. The first-order valence-corrected chi connectivity index (χ1v) is 8.36. The third-order valence-corrected chi connectivity index (χ3v) is 3.92. The van der Waals surface area contributed by atoms with E-state index >= 15 is 0 Å². The van der Waals surface area contributed by atoms with Crippen LogP contribution in [0.15, 0.2) is 54.6 Å². The van der Waals surface area contributed by atoms with Crippen molar-refractivity contribution in [1.29, 1.82) is 0 Å². The number of methoxy groups -OCH3 is 2. The van der Waals surface area contributed by atoms with Crippen molar-refractivity contribution in [1.82, 2.24) is 10.2 Å². The molecule has 3 rings (SSSR count). The molecular weight excluding hydrogens is 368 g/mol. The molecule has 1 aromatic heterocycles. The smallest absolute Gasteiger partial charge is 0.256 e. The Morgan fingerprint density at radius 2 is 1.63 bits per heavy atom. The standard InChI is InChI=1S/C19H17ClN4O3/c1-26-14-6-3-12(4-7-14)19(25)22-18-10-9-17(23-24-18)21-15-11-13(20)5-8-16(15)27-2/h3-11H,1-2H3,(H,21,23)(H,22,24,25). The van der Waals surface area contributed by atoms with Gasteiger partial charge in [0.1, 0.15) is 11.5 Å². The second-order valence-corrected chi connectivity index (χ2v) is 5.89. The third kappa shape index (κ3) is 4.65. The van der Waals surface area contributed by atoms with Gasteiger partial charge >= 0.3 is 0 Å². The highest BCUT2D eigenvalue weighted by molar-refractivity contribution is 6.31. The molecule has 1 amide bonds. The van der Waals surface area contributed by atoms with Gasteiger partial charge in [0.05, 0.1) is 19.9 Å². The Morgan fingerprint density at radius 3 is 2.26 bits per heavy atom. The zero-order valence-corrected chi connectivity index (χ0v) is 15.4. The van der Waals surface area contributed by atoms with E-state index in [1.807, 2.05) is 0 Å².